The molecule has 0 atom stereocenters. The average molecular weight is 270 g/mol. The lowest BCUT2D eigenvalue weighted by molar-refractivity contribution is -0.186. The predicted molar refractivity (Wildman–Crippen MR) is 67.7 cm³/mol. The molecule has 3 heterocycles. The lowest BCUT2D eigenvalue weighted by Gasteiger charge is -2.38. The van der Waals surface area contributed by atoms with E-state index >= 15 is 0 Å². The number of nitrogens with zero attached hydrogens (tertiary/aromatic N) is 2. The molecule has 6 heteroatoms. The third-order valence-electron chi connectivity index (χ3n) is 4.15. The summed E-state index contributed by atoms with van der Waals surface area (Å²) < 4.78 is 16.6. The summed E-state index contributed by atoms with van der Waals surface area (Å²) in [6.45, 7) is 6.43. The molecule has 3 saturated heterocycles. The first-order chi connectivity index (χ1) is 9.27. The summed E-state index contributed by atoms with van der Waals surface area (Å²) in [4.78, 5) is 16.2. The zero-order chi connectivity index (χ0) is 13.1. The molecule has 0 N–H and O–H groups in total. The van der Waals surface area contributed by atoms with Crippen LogP contribution in [-0.4, -0.2) is 80.6 Å². The number of carbonyl (C=O) groups excluding carboxylic acids is 1. The van der Waals surface area contributed by atoms with Gasteiger partial charge in [-0.1, -0.05) is 0 Å². The van der Waals surface area contributed by atoms with Crippen LogP contribution in [0.4, 0.5) is 0 Å². The van der Waals surface area contributed by atoms with Crippen LogP contribution in [0.2, 0.25) is 0 Å². The number of morpholine rings is 1. The Morgan fingerprint density at radius 1 is 0.947 bits per heavy atom. The molecule has 108 valence electrons. The maximum atomic E-state index is 12.1. The first-order valence-corrected chi connectivity index (χ1v) is 7.13. The number of ether oxygens (including phenoxy) is 3. The molecule has 0 saturated carbocycles. The Labute approximate surface area is 113 Å². The topological polar surface area (TPSA) is 51.2 Å². The lowest BCUT2D eigenvalue weighted by Crippen LogP contribution is -2.50. The van der Waals surface area contributed by atoms with Crippen LogP contribution in [0, 0.1) is 0 Å². The van der Waals surface area contributed by atoms with E-state index in [1.54, 1.807) is 0 Å². The third kappa shape index (κ3) is 3.08. The molecule has 0 aliphatic carbocycles. The molecule has 19 heavy (non-hydrogen) atoms. The fraction of sp³-hybridized carbons (Fsp3) is 0.923. The van der Waals surface area contributed by atoms with Crippen molar-refractivity contribution in [3.8, 4) is 0 Å². The molecule has 0 aromatic heterocycles. The second-order valence-electron chi connectivity index (χ2n) is 5.38. The highest BCUT2D eigenvalue weighted by Gasteiger charge is 2.40. The Morgan fingerprint density at radius 3 is 2.21 bits per heavy atom. The maximum absolute atomic E-state index is 12.1. The standard InChI is InChI=1S/C13H22N2O4/c16-12(15-5-7-17-8-6-15)11-14-3-1-13(2-4-14)18-9-10-19-13/h1-11H2. The summed E-state index contributed by atoms with van der Waals surface area (Å²) in [6, 6.07) is 0. The number of rotatable bonds is 2. The molecule has 1 amide bonds. The van der Waals surface area contributed by atoms with E-state index in [9.17, 15) is 4.79 Å². The van der Waals surface area contributed by atoms with Crippen LogP contribution >= 0.6 is 0 Å². The van der Waals surface area contributed by atoms with Crippen LogP contribution in [0.25, 0.3) is 0 Å². The minimum absolute atomic E-state index is 0.215. The molecule has 0 aromatic rings. The Morgan fingerprint density at radius 2 is 1.58 bits per heavy atom. The number of hydrogen-bond acceptors (Lipinski definition) is 5. The van der Waals surface area contributed by atoms with Crippen LogP contribution in [0.5, 0.6) is 0 Å². The largest absolute Gasteiger partial charge is 0.378 e. The Hall–Kier alpha value is -0.690. The number of amides is 1. The Kier molecular flexibility index (Phi) is 4.02. The monoisotopic (exact) mass is 270 g/mol. The molecule has 3 rings (SSSR count). The molecule has 1 spiro atoms. The van der Waals surface area contributed by atoms with Gasteiger partial charge in [0.1, 0.15) is 0 Å². The van der Waals surface area contributed by atoms with Gasteiger partial charge in [-0.25, -0.2) is 0 Å². The minimum atomic E-state index is -0.349. The van der Waals surface area contributed by atoms with E-state index in [0.29, 0.717) is 33.0 Å². The molecule has 3 fully saturated rings. The van der Waals surface area contributed by atoms with Crippen molar-refractivity contribution >= 4 is 5.91 Å². The fourth-order valence-corrected chi connectivity index (χ4v) is 2.94. The molecule has 0 radical (unpaired) electrons. The minimum Gasteiger partial charge on any atom is -0.378 e. The van der Waals surface area contributed by atoms with E-state index in [-0.39, 0.29) is 11.7 Å². The van der Waals surface area contributed by atoms with Crippen molar-refractivity contribution in [2.45, 2.75) is 18.6 Å². The van der Waals surface area contributed by atoms with Gasteiger partial charge in [-0.3, -0.25) is 9.69 Å². The summed E-state index contributed by atoms with van der Waals surface area (Å²) in [7, 11) is 0. The zero-order valence-electron chi connectivity index (χ0n) is 11.3. The van der Waals surface area contributed by atoms with Gasteiger partial charge < -0.3 is 19.1 Å². The SMILES string of the molecule is O=C(CN1CCC2(CC1)OCCO2)N1CCOCC1. The number of piperidine rings is 1. The molecule has 0 unspecified atom stereocenters. The fourth-order valence-electron chi connectivity index (χ4n) is 2.94. The van der Waals surface area contributed by atoms with Gasteiger partial charge in [0.05, 0.1) is 33.0 Å². The highest BCUT2D eigenvalue weighted by atomic mass is 16.7. The van der Waals surface area contributed by atoms with Gasteiger partial charge >= 0.3 is 0 Å². The normalized spacial score (nSPS) is 27.9. The number of carbonyl (C=O) groups is 1. The quantitative estimate of drug-likeness (QED) is 0.688. The summed E-state index contributed by atoms with van der Waals surface area (Å²) in [6.07, 6.45) is 1.73. The van der Waals surface area contributed by atoms with Crippen LogP contribution in [0.3, 0.4) is 0 Å². The molecule has 0 aromatic carbocycles. The average Bonchev–Trinajstić information content (AvgIpc) is 2.91. The lowest BCUT2D eigenvalue weighted by atomic mass is 10.0. The molecular weight excluding hydrogens is 248 g/mol. The summed E-state index contributed by atoms with van der Waals surface area (Å²) >= 11 is 0. The zero-order valence-corrected chi connectivity index (χ0v) is 11.3. The smallest absolute Gasteiger partial charge is 0.236 e. The van der Waals surface area contributed by atoms with Crippen molar-refractivity contribution in [3.05, 3.63) is 0 Å². The third-order valence-corrected chi connectivity index (χ3v) is 4.15. The van der Waals surface area contributed by atoms with Gasteiger partial charge in [-0.2, -0.15) is 0 Å². The molecule has 3 aliphatic rings. The first-order valence-electron chi connectivity index (χ1n) is 7.13. The second-order valence-corrected chi connectivity index (χ2v) is 5.38. The van der Waals surface area contributed by atoms with Gasteiger partial charge in [0.25, 0.3) is 0 Å². The summed E-state index contributed by atoms with van der Waals surface area (Å²) in [5, 5.41) is 0. The van der Waals surface area contributed by atoms with E-state index < -0.39 is 0 Å². The van der Waals surface area contributed by atoms with E-state index in [2.05, 4.69) is 4.90 Å². The maximum Gasteiger partial charge on any atom is 0.236 e. The van der Waals surface area contributed by atoms with Crippen molar-refractivity contribution in [3.63, 3.8) is 0 Å². The van der Waals surface area contributed by atoms with E-state index in [4.69, 9.17) is 14.2 Å². The molecule has 3 aliphatic heterocycles. The van der Waals surface area contributed by atoms with Gasteiger partial charge in [-0.05, 0) is 0 Å². The Bertz CT molecular complexity index is 315. The molecule has 6 nitrogen and oxygen atoms in total. The highest BCUT2D eigenvalue weighted by molar-refractivity contribution is 5.78. The van der Waals surface area contributed by atoms with Gasteiger partial charge in [-0.15, -0.1) is 0 Å². The summed E-state index contributed by atoms with van der Waals surface area (Å²) in [5.74, 6) is -0.133. The number of hydrogen-bond donors (Lipinski definition) is 0. The van der Waals surface area contributed by atoms with Crippen molar-refractivity contribution in [2.75, 3.05) is 59.2 Å². The van der Waals surface area contributed by atoms with E-state index in [0.717, 1.165) is 39.0 Å². The first kappa shape index (κ1) is 13.3. The van der Waals surface area contributed by atoms with Crippen molar-refractivity contribution in [1.82, 2.24) is 9.80 Å². The molecule has 0 bridgehead atoms. The van der Waals surface area contributed by atoms with E-state index in [1.807, 2.05) is 4.90 Å². The van der Waals surface area contributed by atoms with Gasteiger partial charge in [0, 0.05) is 39.0 Å². The van der Waals surface area contributed by atoms with Crippen molar-refractivity contribution in [1.29, 1.82) is 0 Å². The predicted octanol–water partition coefficient (Wildman–Crippen LogP) is -0.316. The van der Waals surface area contributed by atoms with Crippen molar-refractivity contribution in [2.24, 2.45) is 0 Å². The molecular formula is C13H22N2O4. The van der Waals surface area contributed by atoms with Crippen LogP contribution in [0.15, 0.2) is 0 Å². The van der Waals surface area contributed by atoms with Crippen LogP contribution in [0.1, 0.15) is 12.8 Å². The number of likely N-dealkylation sites (tertiary alicyclic amines) is 1. The van der Waals surface area contributed by atoms with Crippen LogP contribution in [-0.2, 0) is 19.0 Å². The Balaban J connectivity index is 1.45. The van der Waals surface area contributed by atoms with Gasteiger partial charge in [0.15, 0.2) is 5.79 Å². The van der Waals surface area contributed by atoms with Gasteiger partial charge in [0.2, 0.25) is 5.91 Å². The van der Waals surface area contributed by atoms with Crippen LogP contribution < -0.4 is 0 Å². The summed E-state index contributed by atoms with van der Waals surface area (Å²) in [5.41, 5.74) is 0. The second kappa shape index (κ2) is 5.75. The van der Waals surface area contributed by atoms with E-state index in [1.165, 1.54) is 0 Å². The van der Waals surface area contributed by atoms with Crippen molar-refractivity contribution < 1.29 is 19.0 Å². The highest BCUT2D eigenvalue weighted by Crippen LogP contribution is 2.31.